The molecule has 0 aliphatic heterocycles. The van der Waals surface area contributed by atoms with E-state index in [-0.39, 0.29) is 0 Å². The molecule has 92 valence electrons. The Labute approximate surface area is 109 Å². The van der Waals surface area contributed by atoms with Gasteiger partial charge in [0.25, 0.3) is 0 Å². The first-order chi connectivity index (χ1) is 8.74. The van der Waals surface area contributed by atoms with Crippen LogP contribution in [0.15, 0.2) is 54.6 Å². The Morgan fingerprint density at radius 3 is 1.89 bits per heavy atom. The van der Waals surface area contributed by atoms with Crippen molar-refractivity contribution in [3.8, 4) is 0 Å². The summed E-state index contributed by atoms with van der Waals surface area (Å²) in [6, 6.07) is 19.1. The van der Waals surface area contributed by atoms with Crippen molar-refractivity contribution in [2.24, 2.45) is 0 Å². The molecule has 0 aliphatic rings. The lowest BCUT2D eigenvalue weighted by molar-refractivity contribution is 0.402. The molecular weight excluding hydrogens is 218 g/mol. The molecule has 1 nitrogen and oxygen atoms in total. The minimum absolute atomic E-state index is 0.989. The molecule has 0 saturated heterocycles. The van der Waals surface area contributed by atoms with E-state index in [0.29, 0.717) is 0 Å². The van der Waals surface area contributed by atoms with Crippen molar-refractivity contribution in [1.29, 1.82) is 0 Å². The zero-order valence-corrected chi connectivity index (χ0v) is 11.0. The molecule has 1 heteroatoms. The standard InChI is InChI=1S/C17H19N/c1-18(2)14-17-12-10-16(11-13-17)9-8-15-6-4-3-5-7-15/h3-13H,14H2,1-2H3/b9-8+. The molecule has 2 aromatic rings. The maximum atomic E-state index is 2.19. The van der Waals surface area contributed by atoms with Crippen molar-refractivity contribution in [2.45, 2.75) is 6.54 Å². The number of hydrogen-bond donors (Lipinski definition) is 0. The largest absolute Gasteiger partial charge is 0.305 e. The highest BCUT2D eigenvalue weighted by Gasteiger charge is 1.94. The summed E-state index contributed by atoms with van der Waals surface area (Å²) >= 11 is 0. The first-order valence-corrected chi connectivity index (χ1v) is 6.21. The van der Waals surface area contributed by atoms with E-state index in [1.807, 2.05) is 6.07 Å². The third kappa shape index (κ3) is 3.86. The van der Waals surface area contributed by atoms with Crippen LogP contribution >= 0.6 is 0 Å². The highest BCUT2D eigenvalue weighted by molar-refractivity contribution is 5.69. The minimum Gasteiger partial charge on any atom is -0.305 e. The van der Waals surface area contributed by atoms with E-state index < -0.39 is 0 Å². The highest BCUT2D eigenvalue weighted by Crippen LogP contribution is 2.10. The topological polar surface area (TPSA) is 3.24 Å². The Balaban J connectivity index is 2.04. The van der Waals surface area contributed by atoms with Crippen LogP contribution in [-0.4, -0.2) is 19.0 Å². The van der Waals surface area contributed by atoms with E-state index in [4.69, 9.17) is 0 Å². The van der Waals surface area contributed by atoms with Gasteiger partial charge in [0.15, 0.2) is 0 Å². The summed E-state index contributed by atoms with van der Waals surface area (Å²) in [5.41, 5.74) is 3.81. The summed E-state index contributed by atoms with van der Waals surface area (Å²) in [5, 5.41) is 0. The lowest BCUT2D eigenvalue weighted by Gasteiger charge is -2.09. The molecule has 0 bridgehead atoms. The molecule has 0 radical (unpaired) electrons. The summed E-state index contributed by atoms with van der Waals surface area (Å²) in [6.07, 6.45) is 4.29. The van der Waals surface area contributed by atoms with Gasteiger partial charge in [-0.2, -0.15) is 0 Å². The Morgan fingerprint density at radius 1 is 0.778 bits per heavy atom. The fraction of sp³-hybridized carbons (Fsp3) is 0.176. The van der Waals surface area contributed by atoms with Gasteiger partial charge in [-0.1, -0.05) is 66.7 Å². The van der Waals surface area contributed by atoms with Crippen LogP contribution < -0.4 is 0 Å². The lowest BCUT2D eigenvalue weighted by Crippen LogP contribution is -2.10. The predicted octanol–water partition coefficient (Wildman–Crippen LogP) is 3.92. The molecule has 18 heavy (non-hydrogen) atoms. The number of benzene rings is 2. The van der Waals surface area contributed by atoms with Gasteiger partial charge < -0.3 is 4.90 Å². The minimum atomic E-state index is 0.989. The van der Waals surface area contributed by atoms with Crippen LogP contribution in [0.3, 0.4) is 0 Å². The summed E-state index contributed by atoms with van der Waals surface area (Å²) in [5.74, 6) is 0. The van der Waals surface area contributed by atoms with Crippen molar-refractivity contribution < 1.29 is 0 Å². The van der Waals surface area contributed by atoms with E-state index in [1.54, 1.807) is 0 Å². The molecule has 2 rings (SSSR count). The Hall–Kier alpha value is -1.86. The van der Waals surface area contributed by atoms with Gasteiger partial charge in [0.05, 0.1) is 0 Å². The van der Waals surface area contributed by atoms with Gasteiger partial charge in [-0.15, -0.1) is 0 Å². The van der Waals surface area contributed by atoms with E-state index in [1.165, 1.54) is 16.7 Å². The molecule has 2 aromatic carbocycles. The van der Waals surface area contributed by atoms with Crippen LogP contribution in [0.25, 0.3) is 12.2 Å². The molecule has 0 heterocycles. The maximum Gasteiger partial charge on any atom is 0.0227 e. The van der Waals surface area contributed by atoms with Gasteiger partial charge in [-0.05, 0) is 30.8 Å². The normalized spacial score (nSPS) is 11.3. The smallest absolute Gasteiger partial charge is 0.0227 e. The quantitative estimate of drug-likeness (QED) is 0.728. The van der Waals surface area contributed by atoms with E-state index in [9.17, 15) is 0 Å². The SMILES string of the molecule is CN(C)Cc1ccc(/C=C/c2ccccc2)cc1. The molecule has 0 saturated carbocycles. The van der Waals surface area contributed by atoms with Crippen molar-refractivity contribution in [3.63, 3.8) is 0 Å². The second kappa shape index (κ2) is 6.18. The first-order valence-electron chi connectivity index (χ1n) is 6.21. The van der Waals surface area contributed by atoms with E-state index in [2.05, 4.69) is 79.7 Å². The fourth-order valence-electron chi connectivity index (χ4n) is 1.86. The number of nitrogens with zero attached hydrogens (tertiary/aromatic N) is 1. The molecule has 0 aromatic heterocycles. The lowest BCUT2D eigenvalue weighted by atomic mass is 10.1. The van der Waals surface area contributed by atoms with Gasteiger partial charge in [0, 0.05) is 6.54 Å². The third-order valence-corrected chi connectivity index (χ3v) is 2.75. The highest BCUT2D eigenvalue weighted by atomic mass is 15.0. The number of rotatable bonds is 4. The monoisotopic (exact) mass is 237 g/mol. The third-order valence-electron chi connectivity index (χ3n) is 2.75. The molecule has 0 amide bonds. The van der Waals surface area contributed by atoms with Gasteiger partial charge in [0.2, 0.25) is 0 Å². The maximum absolute atomic E-state index is 2.19. The van der Waals surface area contributed by atoms with Crippen LogP contribution in [0.4, 0.5) is 0 Å². The Morgan fingerprint density at radius 2 is 1.33 bits per heavy atom. The fourth-order valence-corrected chi connectivity index (χ4v) is 1.86. The summed E-state index contributed by atoms with van der Waals surface area (Å²) in [6.45, 7) is 0.989. The van der Waals surface area contributed by atoms with Crippen LogP contribution in [0.1, 0.15) is 16.7 Å². The summed E-state index contributed by atoms with van der Waals surface area (Å²) < 4.78 is 0. The molecule has 0 aliphatic carbocycles. The molecular formula is C17H19N. The Kier molecular flexibility index (Phi) is 4.32. The van der Waals surface area contributed by atoms with E-state index >= 15 is 0 Å². The average molecular weight is 237 g/mol. The molecule has 0 atom stereocenters. The summed E-state index contributed by atoms with van der Waals surface area (Å²) in [4.78, 5) is 2.18. The molecule has 0 fully saturated rings. The Bertz CT molecular complexity index is 495. The predicted molar refractivity (Wildman–Crippen MR) is 79.2 cm³/mol. The zero-order valence-electron chi connectivity index (χ0n) is 11.0. The molecule has 0 N–H and O–H groups in total. The zero-order chi connectivity index (χ0) is 12.8. The number of hydrogen-bond acceptors (Lipinski definition) is 1. The van der Waals surface area contributed by atoms with Crippen LogP contribution in [0.2, 0.25) is 0 Å². The van der Waals surface area contributed by atoms with Crippen LogP contribution in [-0.2, 0) is 6.54 Å². The van der Waals surface area contributed by atoms with Crippen molar-refractivity contribution in [3.05, 3.63) is 71.3 Å². The van der Waals surface area contributed by atoms with Gasteiger partial charge in [-0.25, -0.2) is 0 Å². The van der Waals surface area contributed by atoms with Crippen LogP contribution in [0, 0.1) is 0 Å². The van der Waals surface area contributed by atoms with Crippen molar-refractivity contribution in [1.82, 2.24) is 4.90 Å². The van der Waals surface area contributed by atoms with E-state index in [0.717, 1.165) is 6.54 Å². The van der Waals surface area contributed by atoms with Gasteiger partial charge >= 0.3 is 0 Å². The average Bonchev–Trinajstić information content (AvgIpc) is 2.38. The first kappa shape index (κ1) is 12.6. The molecule has 0 unspecified atom stereocenters. The second-order valence-corrected chi connectivity index (χ2v) is 4.72. The second-order valence-electron chi connectivity index (χ2n) is 4.72. The van der Waals surface area contributed by atoms with Gasteiger partial charge in [0.1, 0.15) is 0 Å². The molecule has 0 spiro atoms. The summed E-state index contributed by atoms with van der Waals surface area (Å²) in [7, 11) is 4.17. The van der Waals surface area contributed by atoms with Crippen LogP contribution in [0.5, 0.6) is 0 Å². The van der Waals surface area contributed by atoms with Gasteiger partial charge in [-0.3, -0.25) is 0 Å². The van der Waals surface area contributed by atoms with Crippen molar-refractivity contribution in [2.75, 3.05) is 14.1 Å². The van der Waals surface area contributed by atoms with Crippen molar-refractivity contribution >= 4 is 12.2 Å².